The highest BCUT2D eigenvalue weighted by atomic mass is 19.1. The Morgan fingerprint density at radius 3 is 2.52 bits per heavy atom. The summed E-state index contributed by atoms with van der Waals surface area (Å²) in [4.78, 5) is 21.7. The number of hydrogen-bond donors (Lipinski definition) is 2. The van der Waals surface area contributed by atoms with Gasteiger partial charge in [-0.05, 0) is 30.3 Å². The van der Waals surface area contributed by atoms with Gasteiger partial charge in [0, 0.05) is 11.1 Å². The first-order valence-corrected chi connectivity index (χ1v) is 6.02. The van der Waals surface area contributed by atoms with Gasteiger partial charge >= 0.3 is 5.97 Å². The summed E-state index contributed by atoms with van der Waals surface area (Å²) in [7, 11) is 0. The molecule has 0 atom stereocenters. The minimum Gasteiger partial charge on any atom is -0.489 e. The van der Waals surface area contributed by atoms with Crippen LogP contribution in [0.4, 0.5) is 4.39 Å². The van der Waals surface area contributed by atoms with E-state index in [2.05, 4.69) is 0 Å². The number of hydrogen-bond acceptors (Lipinski definition) is 3. The second-order valence-electron chi connectivity index (χ2n) is 4.29. The first-order valence-electron chi connectivity index (χ1n) is 6.02. The molecule has 5 nitrogen and oxygen atoms in total. The van der Waals surface area contributed by atoms with Crippen molar-refractivity contribution in [1.29, 1.82) is 0 Å². The summed E-state index contributed by atoms with van der Waals surface area (Å²) in [6.07, 6.45) is 0. The van der Waals surface area contributed by atoms with Crippen LogP contribution in [-0.2, 0) is 6.61 Å². The minimum atomic E-state index is -1.07. The summed E-state index contributed by atoms with van der Waals surface area (Å²) in [5, 5.41) is 8.86. The first-order chi connectivity index (χ1) is 9.97. The fourth-order valence-corrected chi connectivity index (χ4v) is 1.70. The summed E-state index contributed by atoms with van der Waals surface area (Å²) < 4.78 is 19.1. The van der Waals surface area contributed by atoms with Gasteiger partial charge in [-0.2, -0.15) is 0 Å². The molecule has 0 unspecified atom stereocenters. The van der Waals surface area contributed by atoms with Crippen LogP contribution < -0.4 is 10.5 Å². The molecule has 0 saturated carbocycles. The molecule has 0 fully saturated rings. The molecular weight excluding hydrogens is 277 g/mol. The molecule has 0 aliphatic carbocycles. The number of halogens is 1. The first kappa shape index (κ1) is 14.5. The van der Waals surface area contributed by atoms with Gasteiger partial charge in [-0.3, -0.25) is 4.79 Å². The van der Waals surface area contributed by atoms with Gasteiger partial charge in [0.15, 0.2) is 0 Å². The number of amides is 1. The maximum absolute atomic E-state index is 13.7. The van der Waals surface area contributed by atoms with Crippen molar-refractivity contribution in [2.75, 3.05) is 0 Å². The van der Waals surface area contributed by atoms with Gasteiger partial charge in [-0.1, -0.05) is 12.1 Å². The average molecular weight is 289 g/mol. The predicted molar refractivity (Wildman–Crippen MR) is 72.7 cm³/mol. The molecule has 21 heavy (non-hydrogen) atoms. The Balaban J connectivity index is 2.11. The van der Waals surface area contributed by atoms with E-state index in [9.17, 15) is 14.0 Å². The number of primary amides is 1. The number of carbonyl (C=O) groups is 2. The molecule has 0 aromatic heterocycles. The molecule has 2 aromatic rings. The Hall–Kier alpha value is -2.89. The zero-order valence-electron chi connectivity index (χ0n) is 10.9. The molecule has 1 amide bonds. The SMILES string of the molecule is NC(=O)c1ccc(COc2cccc(C(=O)O)c2)c(F)c1. The molecule has 0 radical (unpaired) electrons. The van der Waals surface area contributed by atoms with Gasteiger partial charge in [-0.15, -0.1) is 0 Å². The zero-order chi connectivity index (χ0) is 15.4. The summed E-state index contributed by atoms with van der Waals surface area (Å²) >= 11 is 0. The average Bonchev–Trinajstić information content (AvgIpc) is 2.46. The van der Waals surface area contributed by atoms with Crippen LogP contribution in [0.3, 0.4) is 0 Å². The van der Waals surface area contributed by atoms with Gasteiger partial charge in [-0.25, -0.2) is 9.18 Å². The highest BCUT2D eigenvalue weighted by Crippen LogP contribution is 2.17. The molecule has 6 heteroatoms. The van der Waals surface area contributed by atoms with Gasteiger partial charge in [0.05, 0.1) is 5.56 Å². The fourth-order valence-electron chi connectivity index (χ4n) is 1.70. The van der Waals surface area contributed by atoms with E-state index in [0.717, 1.165) is 6.07 Å². The highest BCUT2D eigenvalue weighted by Gasteiger charge is 2.09. The van der Waals surface area contributed by atoms with Crippen LogP contribution in [0.2, 0.25) is 0 Å². The van der Waals surface area contributed by atoms with Crippen molar-refractivity contribution < 1.29 is 23.8 Å². The Morgan fingerprint density at radius 1 is 1.14 bits per heavy atom. The Labute approximate surface area is 119 Å². The molecule has 0 aliphatic rings. The summed E-state index contributed by atoms with van der Waals surface area (Å²) in [5.74, 6) is -2.08. The number of carbonyl (C=O) groups excluding carboxylic acids is 1. The van der Waals surface area contributed by atoms with E-state index in [0.29, 0.717) is 5.75 Å². The lowest BCUT2D eigenvalue weighted by atomic mass is 10.1. The molecule has 3 N–H and O–H groups in total. The summed E-state index contributed by atoms with van der Waals surface area (Å²) in [6.45, 7) is -0.0893. The van der Waals surface area contributed by atoms with Crippen molar-refractivity contribution in [3.8, 4) is 5.75 Å². The van der Waals surface area contributed by atoms with Crippen molar-refractivity contribution in [1.82, 2.24) is 0 Å². The van der Waals surface area contributed by atoms with Gasteiger partial charge in [0.25, 0.3) is 0 Å². The summed E-state index contributed by atoms with van der Waals surface area (Å²) in [5.41, 5.74) is 5.44. The molecule has 0 spiro atoms. The number of aromatic carboxylic acids is 1. The van der Waals surface area contributed by atoms with Crippen molar-refractivity contribution in [2.45, 2.75) is 6.61 Å². The highest BCUT2D eigenvalue weighted by molar-refractivity contribution is 5.92. The van der Waals surface area contributed by atoms with Crippen LogP contribution in [0, 0.1) is 5.82 Å². The number of ether oxygens (including phenoxy) is 1. The van der Waals surface area contributed by atoms with Crippen molar-refractivity contribution >= 4 is 11.9 Å². The van der Waals surface area contributed by atoms with Crippen LogP contribution in [0.15, 0.2) is 42.5 Å². The molecule has 2 aromatic carbocycles. The quantitative estimate of drug-likeness (QED) is 0.883. The third-order valence-electron chi connectivity index (χ3n) is 2.81. The molecule has 2 rings (SSSR count). The molecule has 0 bridgehead atoms. The van der Waals surface area contributed by atoms with E-state index in [1.54, 1.807) is 6.07 Å². The third kappa shape index (κ3) is 3.56. The predicted octanol–water partition coefficient (Wildman–Crippen LogP) is 2.20. The molecular formula is C15H12FNO4. The molecule has 0 saturated heterocycles. The fraction of sp³-hybridized carbons (Fsp3) is 0.0667. The van der Waals surface area contributed by atoms with E-state index in [1.165, 1.54) is 30.3 Å². The Kier molecular flexibility index (Phi) is 4.18. The number of carboxylic acids is 1. The number of rotatable bonds is 5. The lowest BCUT2D eigenvalue weighted by Crippen LogP contribution is -2.11. The van der Waals surface area contributed by atoms with Gasteiger partial charge < -0.3 is 15.6 Å². The van der Waals surface area contributed by atoms with Crippen LogP contribution in [0.5, 0.6) is 5.75 Å². The van der Waals surface area contributed by atoms with E-state index in [1.807, 2.05) is 0 Å². The van der Waals surface area contributed by atoms with Crippen LogP contribution in [-0.4, -0.2) is 17.0 Å². The second-order valence-corrected chi connectivity index (χ2v) is 4.29. The number of benzene rings is 2. The Bertz CT molecular complexity index is 700. The Morgan fingerprint density at radius 2 is 1.90 bits per heavy atom. The van der Waals surface area contributed by atoms with Gasteiger partial charge in [0.1, 0.15) is 18.2 Å². The normalized spacial score (nSPS) is 10.1. The van der Waals surface area contributed by atoms with Gasteiger partial charge in [0.2, 0.25) is 5.91 Å². The standard InChI is InChI=1S/C15H12FNO4/c16-13-7-9(14(17)18)4-5-11(13)8-21-12-3-1-2-10(6-12)15(19)20/h1-7H,8H2,(H2,17,18)(H,19,20). The third-order valence-corrected chi connectivity index (χ3v) is 2.81. The van der Waals surface area contributed by atoms with Crippen LogP contribution >= 0.6 is 0 Å². The van der Waals surface area contributed by atoms with Crippen molar-refractivity contribution in [3.05, 3.63) is 65.0 Å². The lowest BCUT2D eigenvalue weighted by molar-refractivity contribution is 0.0696. The molecule has 0 aliphatic heterocycles. The largest absolute Gasteiger partial charge is 0.489 e. The van der Waals surface area contributed by atoms with Crippen LogP contribution in [0.1, 0.15) is 26.3 Å². The second kappa shape index (κ2) is 6.04. The topological polar surface area (TPSA) is 89.6 Å². The monoisotopic (exact) mass is 289 g/mol. The van der Waals surface area contributed by atoms with Crippen LogP contribution in [0.25, 0.3) is 0 Å². The number of carboxylic acid groups (broad SMARTS) is 1. The summed E-state index contributed by atoms with van der Waals surface area (Å²) in [6, 6.07) is 9.71. The number of nitrogens with two attached hydrogens (primary N) is 1. The lowest BCUT2D eigenvalue weighted by Gasteiger charge is -2.08. The van der Waals surface area contributed by atoms with Crippen molar-refractivity contribution in [2.24, 2.45) is 5.73 Å². The van der Waals surface area contributed by atoms with E-state index < -0.39 is 17.7 Å². The zero-order valence-corrected chi connectivity index (χ0v) is 10.9. The van der Waals surface area contributed by atoms with E-state index >= 15 is 0 Å². The minimum absolute atomic E-state index is 0.0733. The van der Waals surface area contributed by atoms with Crippen molar-refractivity contribution in [3.63, 3.8) is 0 Å². The molecule has 0 heterocycles. The maximum Gasteiger partial charge on any atom is 0.335 e. The maximum atomic E-state index is 13.7. The molecule has 108 valence electrons. The smallest absolute Gasteiger partial charge is 0.335 e. The van der Waals surface area contributed by atoms with E-state index in [-0.39, 0.29) is 23.3 Å². The van der Waals surface area contributed by atoms with E-state index in [4.69, 9.17) is 15.6 Å².